The standard InChI is InChI=1S/C13H13N3O2/c1-8-5-6-10(9(2)15-8)16-13(18)12-11(17)4-3-7-14-12/h3-7,17H,1-2H3,(H,16,18). The molecule has 0 saturated carbocycles. The van der Waals surface area contributed by atoms with Crippen LogP contribution in [0.5, 0.6) is 5.75 Å². The predicted molar refractivity (Wildman–Crippen MR) is 67.6 cm³/mol. The summed E-state index contributed by atoms with van der Waals surface area (Å²) in [5.41, 5.74) is 2.21. The summed E-state index contributed by atoms with van der Waals surface area (Å²) in [6.45, 7) is 3.68. The van der Waals surface area contributed by atoms with Crippen molar-refractivity contribution in [1.29, 1.82) is 0 Å². The lowest BCUT2D eigenvalue weighted by Crippen LogP contribution is -2.15. The molecular weight excluding hydrogens is 230 g/mol. The predicted octanol–water partition coefficient (Wildman–Crippen LogP) is 2.05. The number of hydrogen-bond donors (Lipinski definition) is 2. The van der Waals surface area contributed by atoms with Crippen molar-refractivity contribution in [2.45, 2.75) is 13.8 Å². The first-order valence-corrected chi connectivity index (χ1v) is 5.47. The highest BCUT2D eigenvalue weighted by Gasteiger charge is 2.13. The van der Waals surface area contributed by atoms with Gasteiger partial charge in [0.15, 0.2) is 5.69 Å². The Hall–Kier alpha value is -2.43. The molecule has 0 fully saturated rings. The number of rotatable bonds is 2. The van der Waals surface area contributed by atoms with Gasteiger partial charge in [-0.3, -0.25) is 9.78 Å². The minimum atomic E-state index is -0.457. The third-order valence-corrected chi connectivity index (χ3v) is 2.47. The topological polar surface area (TPSA) is 75.1 Å². The highest BCUT2D eigenvalue weighted by Crippen LogP contribution is 2.17. The van der Waals surface area contributed by atoms with Gasteiger partial charge in [0.25, 0.3) is 5.91 Å². The largest absolute Gasteiger partial charge is 0.505 e. The summed E-state index contributed by atoms with van der Waals surface area (Å²) in [4.78, 5) is 20.0. The summed E-state index contributed by atoms with van der Waals surface area (Å²) in [7, 11) is 0. The van der Waals surface area contributed by atoms with Crippen molar-refractivity contribution in [3.63, 3.8) is 0 Å². The lowest BCUT2D eigenvalue weighted by atomic mass is 10.2. The van der Waals surface area contributed by atoms with Gasteiger partial charge in [0.1, 0.15) is 5.75 Å². The van der Waals surface area contributed by atoms with Gasteiger partial charge in [-0.2, -0.15) is 0 Å². The minimum absolute atomic E-state index is 0.00234. The average Bonchev–Trinajstić information content (AvgIpc) is 2.33. The van der Waals surface area contributed by atoms with Gasteiger partial charge in [0.2, 0.25) is 0 Å². The number of aromatic nitrogens is 2. The van der Waals surface area contributed by atoms with E-state index in [2.05, 4.69) is 15.3 Å². The average molecular weight is 243 g/mol. The van der Waals surface area contributed by atoms with E-state index < -0.39 is 5.91 Å². The molecule has 5 nitrogen and oxygen atoms in total. The molecule has 5 heteroatoms. The van der Waals surface area contributed by atoms with Crippen LogP contribution in [0.4, 0.5) is 5.69 Å². The number of hydrogen-bond acceptors (Lipinski definition) is 4. The molecule has 1 amide bonds. The third kappa shape index (κ3) is 2.45. The molecule has 0 atom stereocenters. The van der Waals surface area contributed by atoms with E-state index in [9.17, 15) is 9.90 Å². The number of amides is 1. The van der Waals surface area contributed by atoms with Crippen molar-refractivity contribution >= 4 is 11.6 Å². The Balaban J connectivity index is 2.24. The van der Waals surface area contributed by atoms with Crippen molar-refractivity contribution in [2.75, 3.05) is 5.32 Å². The summed E-state index contributed by atoms with van der Waals surface area (Å²) in [5.74, 6) is -0.602. The Labute approximate surface area is 105 Å². The summed E-state index contributed by atoms with van der Waals surface area (Å²) >= 11 is 0. The number of nitrogens with one attached hydrogen (secondary N) is 1. The number of aromatic hydroxyl groups is 1. The first-order valence-electron chi connectivity index (χ1n) is 5.47. The molecule has 2 aromatic heterocycles. The quantitative estimate of drug-likeness (QED) is 0.846. The van der Waals surface area contributed by atoms with Crippen LogP contribution in [-0.2, 0) is 0 Å². The Morgan fingerprint density at radius 3 is 2.72 bits per heavy atom. The number of anilines is 1. The zero-order valence-corrected chi connectivity index (χ0v) is 10.1. The Morgan fingerprint density at radius 2 is 2.06 bits per heavy atom. The fourth-order valence-electron chi connectivity index (χ4n) is 1.57. The number of pyridine rings is 2. The first kappa shape index (κ1) is 12.0. The van der Waals surface area contributed by atoms with Crippen molar-refractivity contribution < 1.29 is 9.90 Å². The fraction of sp³-hybridized carbons (Fsp3) is 0.154. The van der Waals surface area contributed by atoms with Gasteiger partial charge >= 0.3 is 0 Å². The van der Waals surface area contributed by atoms with Crippen LogP contribution in [0.25, 0.3) is 0 Å². The van der Waals surface area contributed by atoms with Crippen LogP contribution in [0.15, 0.2) is 30.5 Å². The highest BCUT2D eigenvalue weighted by molar-refractivity contribution is 6.04. The summed E-state index contributed by atoms with van der Waals surface area (Å²) in [5, 5.41) is 12.2. The molecule has 18 heavy (non-hydrogen) atoms. The monoisotopic (exact) mass is 243 g/mol. The Kier molecular flexibility index (Phi) is 3.23. The Bertz CT molecular complexity index is 597. The smallest absolute Gasteiger partial charge is 0.278 e. The second-order valence-corrected chi connectivity index (χ2v) is 3.91. The summed E-state index contributed by atoms with van der Waals surface area (Å²) < 4.78 is 0. The van der Waals surface area contributed by atoms with Crippen LogP contribution >= 0.6 is 0 Å². The first-order chi connectivity index (χ1) is 8.58. The van der Waals surface area contributed by atoms with Crippen LogP contribution in [0.1, 0.15) is 21.9 Å². The summed E-state index contributed by atoms with van der Waals surface area (Å²) in [6.07, 6.45) is 1.45. The molecule has 0 unspecified atom stereocenters. The van der Waals surface area contributed by atoms with Gasteiger partial charge in [-0.15, -0.1) is 0 Å². The van der Waals surface area contributed by atoms with Crippen LogP contribution in [0.3, 0.4) is 0 Å². The second-order valence-electron chi connectivity index (χ2n) is 3.91. The zero-order valence-electron chi connectivity index (χ0n) is 10.1. The van der Waals surface area contributed by atoms with E-state index in [-0.39, 0.29) is 11.4 Å². The van der Waals surface area contributed by atoms with Gasteiger partial charge in [-0.05, 0) is 38.1 Å². The van der Waals surface area contributed by atoms with Crippen molar-refractivity contribution in [3.05, 3.63) is 47.5 Å². The van der Waals surface area contributed by atoms with E-state index in [1.165, 1.54) is 12.3 Å². The van der Waals surface area contributed by atoms with Crippen LogP contribution in [-0.4, -0.2) is 21.0 Å². The molecule has 0 saturated heterocycles. The molecular formula is C13H13N3O2. The molecule has 2 rings (SSSR count). The van der Waals surface area contributed by atoms with Gasteiger partial charge in [-0.25, -0.2) is 4.98 Å². The molecule has 0 aliphatic carbocycles. The van der Waals surface area contributed by atoms with E-state index in [1.807, 2.05) is 6.92 Å². The normalized spacial score (nSPS) is 10.1. The lowest BCUT2D eigenvalue weighted by Gasteiger charge is -2.08. The second kappa shape index (κ2) is 4.83. The van der Waals surface area contributed by atoms with Crippen LogP contribution < -0.4 is 5.32 Å². The molecule has 0 spiro atoms. The number of carbonyl (C=O) groups excluding carboxylic acids is 1. The highest BCUT2D eigenvalue weighted by atomic mass is 16.3. The van der Waals surface area contributed by atoms with Gasteiger partial charge < -0.3 is 10.4 Å². The molecule has 2 N–H and O–H groups in total. The number of carbonyl (C=O) groups is 1. The van der Waals surface area contributed by atoms with Crippen LogP contribution in [0, 0.1) is 13.8 Å². The number of aryl methyl sites for hydroxylation is 2. The molecule has 2 heterocycles. The molecule has 0 radical (unpaired) electrons. The van der Waals surface area contributed by atoms with E-state index >= 15 is 0 Å². The van der Waals surface area contributed by atoms with E-state index in [0.717, 1.165) is 11.4 Å². The maximum atomic E-state index is 11.9. The third-order valence-electron chi connectivity index (χ3n) is 2.47. The number of nitrogens with zero attached hydrogens (tertiary/aromatic N) is 2. The molecule has 0 aliphatic heterocycles. The maximum Gasteiger partial charge on any atom is 0.278 e. The fourth-order valence-corrected chi connectivity index (χ4v) is 1.57. The summed E-state index contributed by atoms with van der Waals surface area (Å²) in [6, 6.07) is 6.56. The van der Waals surface area contributed by atoms with E-state index in [4.69, 9.17) is 0 Å². The van der Waals surface area contributed by atoms with E-state index in [1.54, 1.807) is 25.1 Å². The lowest BCUT2D eigenvalue weighted by molar-refractivity contribution is 0.101. The molecule has 0 aliphatic rings. The maximum absolute atomic E-state index is 11.9. The van der Waals surface area contributed by atoms with Crippen LogP contribution in [0.2, 0.25) is 0 Å². The minimum Gasteiger partial charge on any atom is -0.505 e. The van der Waals surface area contributed by atoms with Crippen molar-refractivity contribution in [3.8, 4) is 5.75 Å². The molecule has 92 valence electrons. The van der Waals surface area contributed by atoms with Crippen molar-refractivity contribution in [2.24, 2.45) is 0 Å². The zero-order chi connectivity index (χ0) is 13.1. The Morgan fingerprint density at radius 1 is 1.28 bits per heavy atom. The SMILES string of the molecule is Cc1ccc(NC(=O)c2ncccc2O)c(C)n1. The van der Waals surface area contributed by atoms with Gasteiger partial charge in [0, 0.05) is 11.9 Å². The van der Waals surface area contributed by atoms with Crippen molar-refractivity contribution in [1.82, 2.24) is 9.97 Å². The molecule has 2 aromatic rings. The molecule has 0 aromatic carbocycles. The van der Waals surface area contributed by atoms with Gasteiger partial charge in [-0.1, -0.05) is 0 Å². The van der Waals surface area contributed by atoms with Gasteiger partial charge in [0.05, 0.1) is 11.4 Å². The van der Waals surface area contributed by atoms with E-state index in [0.29, 0.717) is 5.69 Å². The molecule has 0 bridgehead atoms.